The molecule has 2 fully saturated rings. The van der Waals surface area contributed by atoms with Gasteiger partial charge in [-0.05, 0) is 79.1 Å². The third-order valence-electron chi connectivity index (χ3n) is 4.70. The Morgan fingerprint density at radius 2 is 2.00 bits per heavy atom. The fourth-order valence-electron chi connectivity index (χ4n) is 3.28. The van der Waals surface area contributed by atoms with Crippen LogP contribution in [0, 0.1) is 6.92 Å². The Kier molecular flexibility index (Phi) is 5.23. The van der Waals surface area contributed by atoms with Gasteiger partial charge in [0.15, 0.2) is 5.17 Å². The van der Waals surface area contributed by atoms with Gasteiger partial charge in [0.1, 0.15) is 0 Å². The normalized spacial score (nSPS) is 19.9. The quantitative estimate of drug-likeness (QED) is 0.729. The minimum Gasteiger partial charge on any atom is -0.372 e. The number of rotatable bonds is 3. The Hall–Kier alpha value is -2.24. The Morgan fingerprint density at radius 1 is 1.19 bits per heavy atom. The molecule has 27 heavy (non-hydrogen) atoms. The van der Waals surface area contributed by atoms with E-state index in [9.17, 15) is 4.79 Å². The number of hydrogen-bond donors (Lipinski definition) is 1. The number of carbonyl (C=O) groups is 1. The van der Waals surface area contributed by atoms with E-state index in [1.807, 2.05) is 18.2 Å². The maximum atomic E-state index is 12.3. The highest BCUT2D eigenvalue weighted by atomic mass is 35.5. The molecule has 2 aromatic rings. The fraction of sp³-hybridized carbons (Fsp3) is 0.238. The second-order valence-electron chi connectivity index (χ2n) is 6.70. The minimum atomic E-state index is -0.121. The van der Waals surface area contributed by atoms with Gasteiger partial charge >= 0.3 is 0 Å². The molecule has 2 saturated heterocycles. The molecule has 0 spiro atoms. The average molecular weight is 398 g/mol. The molecule has 4 rings (SSSR count). The van der Waals surface area contributed by atoms with E-state index in [2.05, 4.69) is 40.3 Å². The number of thioether (sulfide) groups is 1. The van der Waals surface area contributed by atoms with Crippen molar-refractivity contribution in [2.24, 2.45) is 4.99 Å². The van der Waals surface area contributed by atoms with E-state index in [1.54, 1.807) is 12.1 Å². The zero-order valence-corrected chi connectivity index (χ0v) is 16.6. The third-order valence-corrected chi connectivity index (χ3v) is 5.85. The molecule has 0 atom stereocenters. The van der Waals surface area contributed by atoms with Crippen molar-refractivity contribution >= 4 is 51.9 Å². The molecular weight excluding hydrogens is 378 g/mol. The first kappa shape index (κ1) is 18.1. The van der Waals surface area contributed by atoms with Crippen LogP contribution in [0.15, 0.2) is 52.4 Å². The van der Waals surface area contributed by atoms with Crippen LogP contribution in [0.1, 0.15) is 24.0 Å². The average Bonchev–Trinajstić information content (AvgIpc) is 3.27. The van der Waals surface area contributed by atoms with Crippen LogP contribution >= 0.6 is 23.4 Å². The number of benzene rings is 2. The lowest BCUT2D eigenvalue weighted by Crippen LogP contribution is -2.19. The summed E-state index contributed by atoms with van der Waals surface area (Å²) in [7, 11) is 0. The molecule has 2 heterocycles. The Morgan fingerprint density at radius 3 is 2.74 bits per heavy atom. The van der Waals surface area contributed by atoms with Gasteiger partial charge in [-0.15, -0.1) is 0 Å². The fourth-order valence-corrected chi connectivity index (χ4v) is 4.30. The molecule has 0 radical (unpaired) electrons. The van der Waals surface area contributed by atoms with E-state index in [0.29, 0.717) is 15.1 Å². The summed E-state index contributed by atoms with van der Waals surface area (Å²) in [5, 5.41) is 4.01. The number of nitrogens with one attached hydrogen (secondary N) is 1. The van der Waals surface area contributed by atoms with Crippen molar-refractivity contribution in [3.8, 4) is 0 Å². The van der Waals surface area contributed by atoms with E-state index in [4.69, 9.17) is 11.6 Å². The smallest absolute Gasteiger partial charge is 0.264 e. The van der Waals surface area contributed by atoms with E-state index >= 15 is 0 Å². The first-order chi connectivity index (χ1) is 13.1. The molecule has 1 N–H and O–H groups in total. The van der Waals surface area contributed by atoms with Crippen LogP contribution in [0.5, 0.6) is 0 Å². The van der Waals surface area contributed by atoms with Gasteiger partial charge < -0.3 is 10.2 Å². The number of halogens is 1. The van der Waals surface area contributed by atoms with E-state index in [1.165, 1.54) is 35.9 Å². The summed E-state index contributed by atoms with van der Waals surface area (Å²) in [6, 6.07) is 13.7. The zero-order valence-electron chi connectivity index (χ0n) is 15.0. The van der Waals surface area contributed by atoms with Crippen molar-refractivity contribution < 1.29 is 4.79 Å². The zero-order chi connectivity index (χ0) is 18.8. The summed E-state index contributed by atoms with van der Waals surface area (Å²) in [4.78, 5) is 19.8. The molecule has 2 aromatic carbocycles. The van der Waals surface area contributed by atoms with Gasteiger partial charge in [-0.2, -0.15) is 0 Å². The van der Waals surface area contributed by atoms with Crippen molar-refractivity contribution in [1.82, 2.24) is 5.32 Å². The maximum Gasteiger partial charge on any atom is 0.264 e. The minimum absolute atomic E-state index is 0.121. The van der Waals surface area contributed by atoms with Crippen molar-refractivity contribution in [1.29, 1.82) is 0 Å². The van der Waals surface area contributed by atoms with Crippen LogP contribution in [0.25, 0.3) is 6.08 Å². The summed E-state index contributed by atoms with van der Waals surface area (Å²) in [5.74, 6) is -0.121. The Labute approximate surface area is 168 Å². The second-order valence-corrected chi connectivity index (χ2v) is 8.16. The molecule has 1 amide bonds. The van der Waals surface area contributed by atoms with Crippen molar-refractivity contribution in [3.63, 3.8) is 0 Å². The second kappa shape index (κ2) is 7.79. The number of anilines is 1. The number of hydrogen-bond acceptors (Lipinski definition) is 4. The van der Waals surface area contributed by atoms with Crippen molar-refractivity contribution in [2.75, 3.05) is 18.0 Å². The van der Waals surface area contributed by atoms with Gasteiger partial charge in [0.2, 0.25) is 0 Å². The lowest BCUT2D eigenvalue weighted by Gasteiger charge is -2.18. The van der Waals surface area contributed by atoms with Gasteiger partial charge in [0.25, 0.3) is 5.91 Å². The summed E-state index contributed by atoms with van der Waals surface area (Å²) >= 11 is 7.34. The van der Waals surface area contributed by atoms with E-state index in [-0.39, 0.29) is 5.91 Å². The van der Waals surface area contributed by atoms with Crippen molar-refractivity contribution in [3.05, 3.63) is 63.5 Å². The van der Waals surface area contributed by atoms with Crippen LogP contribution in [-0.2, 0) is 4.79 Å². The molecular formula is C21H20ClN3OS. The number of aliphatic imine (C=N–C) groups is 1. The monoisotopic (exact) mass is 397 g/mol. The first-order valence-corrected chi connectivity index (χ1v) is 10.2. The molecule has 0 aliphatic carbocycles. The first-order valence-electron chi connectivity index (χ1n) is 8.99. The molecule has 0 unspecified atom stereocenters. The topological polar surface area (TPSA) is 44.7 Å². The molecule has 2 aliphatic heterocycles. The van der Waals surface area contributed by atoms with Gasteiger partial charge in [-0.25, -0.2) is 4.99 Å². The molecule has 4 nitrogen and oxygen atoms in total. The van der Waals surface area contributed by atoms with Crippen molar-refractivity contribution in [2.45, 2.75) is 19.8 Å². The van der Waals surface area contributed by atoms with Crippen LogP contribution in [0.2, 0.25) is 5.02 Å². The SMILES string of the molecule is Cc1cc(N2CCCC2)ccc1/C=C1\SC(=Nc2cccc(Cl)c2)NC1=O. The summed E-state index contributed by atoms with van der Waals surface area (Å²) in [6.07, 6.45) is 4.45. The maximum absolute atomic E-state index is 12.3. The predicted molar refractivity (Wildman–Crippen MR) is 115 cm³/mol. The van der Waals surface area contributed by atoms with Crippen LogP contribution < -0.4 is 10.2 Å². The van der Waals surface area contributed by atoms with Crippen LogP contribution in [0.4, 0.5) is 11.4 Å². The third kappa shape index (κ3) is 4.20. The van der Waals surface area contributed by atoms with Crippen LogP contribution in [-0.4, -0.2) is 24.2 Å². The lowest BCUT2D eigenvalue weighted by atomic mass is 10.1. The van der Waals surface area contributed by atoms with Crippen LogP contribution in [0.3, 0.4) is 0 Å². The van der Waals surface area contributed by atoms with E-state index in [0.717, 1.165) is 24.3 Å². The summed E-state index contributed by atoms with van der Waals surface area (Å²) in [5.41, 5.74) is 4.21. The standard InChI is InChI=1S/C21H20ClN3OS/c1-14-11-18(25-9-2-3-10-25)8-7-15(14)12-19-20(26)24-21(27-19)23-17-6-4-5-16(22)13-17/h4-8,11-13H,2-3,9-10H2,1H3,(H,23,24,26)/b19-12-. The number of amides is 1. The molecule has 0 bridgehead atoms. The number of carbonyl (C=O) groups excluding carboxylic acids is 1. The van der Waals surface area contributed by atoms with Gasteiger partial charge in [-0.1, -0.05) is 23.7 Å². The highest BCUT2D eigenvalue weighted by molar-refractivity contribution is 8.18. The molecule has 6 heteroatoms. The van der Waals surface area contributed by atoms with Gasteiger partial charge in [0, 0.05) is 23.8 Å². The van der Waals surface area contributed by atoms with Gasteiger partial charge in [-0.3, -0.25) is 4.79 Å². The number of aryl methyl sites for hydroxylation is 1. The molecule has 0 saturated carbocycles. The largest absolute Gasteiger partial charge is 0.372 e. The molecule has 0 aromatic heterocycles. The molecule has 2 aliphatic rings. The lowest BCUT2D eigenvalue weighted by molar-refractivity contribution is -0.115. The Balaban J connectivity index is 1.54. The highest BCUT2D eigenvalue weighted by Gasteiger charge is 2.24. The van der Waals surface area contributed by atoms with E-state index < -0.39 is 0 Å². The highest BCUT2D eigenvalue weighted by Crippen LogP contribution is 2.30. The van der Waals surface area contributed by atoms with Gasteiger partial charge in [0.05, 0.1) is 10.6 Å². The Bertz CT molecular complexity index is 948. The predicted octanol–water partition coefficient (Wildman–Crippen LogP) is 5.14. The summed E-state index contributed by atoms with van der Waals surface area (Å²) < 4.78 is 0. The number of nitrogens with zero attached hydrogens (tertiary/aromatic N) is 2. The molecule has 138 valence electrons. The summed E-state index contributed by atoms with van der Waals surface area (Å²) in [6.45, 7) is 4.34. The number of amidine groups is 1.